The Hall–Kier alpha value is -1.16. The van der Waals surface area contributed by atoms with E-state index in [0.717, 1.165) is 115 Å². The molecular formula is C80H138O5Si2. The van der Waals surface area contributed by atoms with E-state index in [-0.39, 0.29) is 32.6 Å². The minimum atomic E-state index is -0.472. The molecule has 25 atom stereocenters. The lowest BCUT2D eigenvalue weighted by Crippen LogP contribution is -2.52. The second-order valence-corrected chi connectivity index (χ2v) is 38.2. The molecule has 496 valence electrons. The molecule has 0 bridgehead atoms. The van der Waals surface area contributed by atoms with Gasteiger partial charge in [0.2, 0.25) is 0 Å². The van der Waals surface area contributed by atoms with E-state index < -0.39 is 9.76 Å². The van der Waals surface area contributed by atoms with E-state index in [4.69, 9.17) is 8.85 Å². The first-order valence-corrected chi connectivity index (χ1v) is 42.2. The molecule has 11 aliphatic carbocycles. The van der Waals surface area contributed by atoms with Gasteiger partial charge in [0, 0.05) is 30.3 Å². The van der Waals surface area contributed by atoms with Crippen molar-refractivity contribution in [1.29, 1.82) is 0 Å². The molecule has 0 amide bonds. The predicted octanol–water partition coefficient (Wildman–Crippen LogP) is 20.1. The molecule has 0 heterocycles. The zero-order valence-corrected chi connectivity index (χ0v) is 62.9. The van der Waals surface area contributed by atoms with Gasteiger partial charge in [-0.1, -0.05) is 181 Å². The van der Waals surface area contributed by atoms with Gasteiger partial charge in [-0.3, -0.25) is 4.79 Å². The third kappa shape index (κ3) is 13.0. The van der Waals surface area contributed by atoms with Crippen molar-refractivity contribution in [3.63, 3.8) is 0 Å². The second kappa shape index (κ2) is 28.0. The quantitative estimate of drug-likeness (QED) is 0.0897. The fourth-order valence-corrected chi connectivity index (χ4v) is 27.4. The average Bonchev–Trinajstić information content (AvgIpc) is 1.55. The van der Waals surface area contributed by atoms with Crippen LogP contribution in [0.4, 0.5) is 0 Å². The number of carbonyl (C=O) groups excluding carboxylic acids is 3. The van der Waals surface area contributed by atoms with Crippen LogP contribution < -0.4 is 0 Å². The molecule has 9 saturated carbocycles. The van der Waals surface area contributed by atoms with Gasteiger partial charge >= 0.3 is 0 Å². The minimum absolute atomic E-state index is 0.128. The van der Waals surface area contributed by atoms with Crippen molar-refractivity contribution in [3.05, 3.63) is 23.8 Å². The van der Waals surface area contributed by atoms with Gasteiger partial charge in [-0.25, -0.2) is 0 Å². The third-order valence-corrected chi connectivity index (χ3v) is 32.7. The van der Waals surface area contributed by atoms with Crippen molar-refractivity contribution >= 4 is 37.9 Å². The number of hydrogen-bond acceptors (Lipinski definition) is 5. The number of carbonyl (C=O) groups is 3. The van der Waals surface area contributed by atoms with E-state index in [9.17, 15) is 14.4 Å². The maximum absolute atomic E-state index is 13.4. The Morgan fingerprint density at radius 1 is 0.517 bits per heavy atom. The number of rotatable bonds is 20. The molecule has 0 radical (unpaired) electrons. The van der Waals surface area contributed by atoms with Crippen molar-refractivity contribution in [3.8, 4) is 0 Å². The van der Waals surface area contributed by atoms with Crippen molar-refractivity contribution in [2.75, 3.05) is 0 Å². The smallest absolute Gasteiger partial charge is 0.158 e. The molecular weight excluding hydrogens is 1100 g/mol. The topological polar surface area (TPSA) is 69.7 Å². The van der Waals surface area contributed by atoms with Crippen molar-refractivity contribution in [2.24, 2.45) is 150 Å². The standard InChI is InChI=1S/C28H50O2Si.C27H48O3Si.C25H40/c1-18(2)8-9-19(3)21-10-11-22-25-23(13-14-26(21,22)4)27(5)15-12-20(30-31-7)16-28(27,6)24(25)17-29;1-18(2)7-8-19(3)22-9-10-23-21(13-16-28)24(12-15-26(22,23)4)27(5)14-11-20(30-31-6)17-25(27)29;1-17(2)9-10-18(3)21-11-12-22-20-16-19-8-6-7-14-24(19,4)23(20)13-15-25(21,22)5/h17-25H,8-16,31H2,1-7H3;16,18-24H,7-15,17,31H2,1-6H3;6,8,16-18,20-23H,7,9-15H2,1-5H3/t19-,20+,21-,22?,23?,24?,25?,26-,27-,28+;19-,20+,21?,22-,23?,24?,26-,27-;18-,20?,21-,22?,23?,24+,25-/m111/s1. The van der Waals surface area contributed by atoms with E-state index in [1.54, 1.807) is 5.57 Å². The summed E-state index contributed by atoms with van der Waals surface area (Å²) in [5, 5.41) is 0. The summed E-state index contributed by atoms with van der Waals surface area (Å²) in [6.07, 6.45) is 45.0. The summed E-state index contributed by atoms with van der Waals surface area (Å²) in [5.74, 6) is 14.4. The van der Waals surface area contributed by atoms with Gasteiger partial charge in [-0.05, 0) is 267 Å². The van der Waals surface area contributed by atoms with Crippen LogP contribution in [-0.2, 0) is 23.2 Å². The Kier molecular flexibility index (Phi) is 22.6. The first-order valence-electron chi connectivity index (χ1n) is 38.2. The summed E-state index contributed by atoms with van der Waals surface area (Å²) in [6.45, 7) is 43.9. The van der Waals surface area contributed by atoms with Gasteiger partial charge < -0.3 is 18.4 Å². The van der Waals surface area contributed by atoms with Gasteiger partial charge in [0.25, 0.3) is 0 Å². The van der Waals surface area contributed by atoms with E-state index in [0.29, 0.717) is 75.5 Å². The normalized spacial score (nSPS) is 46.4. The van der Waals surface area contributed by atoms with Crippen LogP contribution in [0.5, 0.6) is 0 Å². The molecule has 0 saturated heterocycles. The predicted molar refractivity (Wildman–Crippen MR) is 372 cm³/mol. The van der Waals surface area contributed by atoms with Gasteiger partial charge in [-0.15, -0.1) is 0 Å². The monoisotopic (exact) mass is 1240 g/mol. The summed E-state index contributed by atoms with van der Waals surface area (Å²) < 4.78 is 12.2. The third-order valence-electron chi connectivity index (χ3n) is 31.0. The summed E-state index contributed by atoms with van der Waals surface area (Å²) >= 11 is 0. The van der Waals surface area contributed by atoms with Gasteiger partial charge in [0.05, 0.1) is 6.10 Å². The van der Waals surface area contributed by atoms with Crippen molar-refractivity contribution in [1.82, 2.24) is 0 Å². The highest BCUT2D eigenvalue weighted by Gasteiger charge is 2.71. The summed E-state index contributed by atoms with van der Waals surface area (Å²) in [4.78, 5) is 38.0. The number of ketones is 1. The van der Waals surface area contributed by atoms with E-state index >= 15 is 0 Å². The largest absolute Gasteiger partial charge is 0.421 e. The van der Waals surface area contributed by atoms with Crippen molar-refractivity contribution in [2.45, 2.75) is 309 Å². The molecule has 11 rings (SSSR count). The lowest BCUT2D eigenvalue weighted by molar-refractivity contribution is -0.145. The Bertz CT molecular complexity index is 2380. The van der Waals surface area contributed by atoms with Gasteiger partial charge in [0.1, 0.15) is 18.4 Å². The molecule has 11 aliphatic rings. The van der Waals surface area contributed by atoms with Crippen LogP contribution in [0.15, 0.2) is 23.8 Å². The van der Waals surface area contributed by atoms with E-state index in [2.05, 4.69) is 142 Å². The van der Waals surface area contributed by atoms with Crippen molar-refractivity contribution < 1.29 is 23.2 Å². The molecule has 7 heteroatoms. The fraction of sp³-hybridized carbons (Fsp3) is 0.912. The zero-order valence-electron chi connectivity index (χ0n) is 60.1. The maximum Gasteiger partial charge on any atom is 0.158 e. The number of aldehydes is 2. The number of allylic oxidation sites excluding steroid dienone is 4. The summed E-state index contributed by atoms with van der Waals surface area (Å²) in [6, 6.07) is 0. The fourth-order valence-electron chi connectivity index (χ4n) is 25.9. The van der Waals surface area contributed by atoms with Crippen LogP contribution in [0.3, 0.4) is 0 Å². The van der Waals surface area contributed by atoms with E-state index in [1.807, 2.05) is 0 Å². The van der Waals surface area contributed by atoms with Crippen LogP contribution in [0.2, 0.25) is 13.1 Å². The molecule has 0 spiro atoms. The number of fused-ring (bicyclic) bond motifs is 11. The highest BCUT2D eigenvalue weighted by molar-refractivity contribution is 6.25. The Balaban J connectivity index is 0.000000157. The zero-order chi connectivity index (χ0) is 63.2. The minimum Gasteiger partial charge on any atom is -0.421 e. The molecule has 0 aromatic rings. The maximum atomic E-state index is 13.4. The average molecular weight is 1240 g/mol. The van der Waals surface area contributed by atoms with Gasteiger partial charge in [-0.2, -0.15) is 0 Å². The van der Waals surface area contributed by atoms with Crippen LogP contribution in [0, 0.1) is 150 Å². The molecule has 0 aromatic heterocycles. The van der Waals surface area contributed by atoms with Crippen LogP contribution in [0.25, 0.3) is 0 Å². The van der Waals surface area contributed by atoms with Crippen LogP contribution >= 0.6 is 0 Å². The molecule has 5 nitrogen and oxygen atoms in total. The number of Topliss-reactive ketones (excluding diaryl/α,β-unsaturated/α-hetero) is 1. The Labute approximate surface area is 541 Å². The molecule has 87 heavy (non-hydrogen) atoms. The molecule has 9 fully saturated rings. The van der Waals surface area contributed by atoms with Gasteiger partial charge in [0.15, 0.2) is 19.5 Å². The Morgan fingerprint density at radius 2 is 1.01 bits per heavy atom. The summed E-state index contributed by atoms with van der Waals surface area (Å²) in [7, 11) is -0.861. The lowest BCUT2D eigenvalue weighted by Gasteiger charge is -2.55. The lowest BCUT2D eigenvalue weighted by atomic mass is 9.49. The molecule has 0 aliphatic heterocycles. The second-order valence-electron chi connectivity index (χ2n) is 36.3. The highest BCUT2D eigenvalue weighted by atomic mass is 28.2. The first-order chi connectivity index (χ1) is 41.1. The summed E-state index contributed by atoms with van der Waals surface area (Å²) in [5.41, 5.74) is 3.80. The molecule has 0 aromatic carbocycles. The van der Waals surface area contributed by atoms with Crippen LogP contribution in [-0.4, -0.2) is 50.1 Å². The highest BCUT2D eigenvalue weighted by Crippen LogP contribution is 2.76. The number of hydrogen-bond donors (Lipinski definition) is 0. The SMILES string of the molecule is CC(C)CC[C@@H](C)[C@H]1CCC2C3C=C4C=CCC[C@]4(C)C3CC[C@@]21C.C[SiH2]O[C@H]1CC[C@](C)(C2CC[C@@]3(C)C(CC[C@@H]3[C@H](C)CCC(C)C)C2CC=O)C(=O)C1.C[SiH2]O[C@H]1CC[C@]2(C)C3CC[C@@]4(C)C(CC[C@@H]4[C@H](C)CCC(C)C)C3C(C=O)[C@]2(C)C1. The molecule has 10 unspecified atom stereocenters. The first kappa shape index (κ1) is 70.2. The van der Waals surface area contributed by atoms with E-state index in [1.165, 1.54) is 141 Å². The van der Waals surface area contributed by atoms with Crippen LogP contribution in [0.1, 0.15) is 284 Å². The molecule has 0 N–H and O–H groups in total. The Morgan fingerprint density at radius 3 is 1.54 bits per heavy atom.